The Hall–Kier alpha value is -3.23. The fourth-order valence-corrected chi connectivity index (χ4v) is 5.00. The van der Waals surface area contributed by atoms with Crippen molar-refractivity contribution in [1.82, 2.24) is 14.7 Å². The van der Waals surface area contributed by atoms with Crippen molar-refractivity contribution in [3.8, 4) is 11.1 Å². The molecular weight excluding hydrogens is 444 g/mol. The Kier molecular flexibility index (Phi) is 7.83. The second-order valence-electron chi connectivity index (χ2n) is 9.23. The Balaban J connectivity index is 1.55. The highest BCUT2D eigenvalue weighted by atomic mass is 16.6. The minimum atomic E-state index is -0.601. The summed E-state index contributed by atoms with van der Waals surface area (Å²) in [5, 5.41) is 13.2. The molecule has 0 saturated carbocycles. The van der Waals surface area contributed by atoms with Crippen LogP contribution in [0, 0.1) is 13.8 Å². The molecule has 0 spiro atoms. The maximum absolute atomic E-state index is 13.7. The fraction of sp³-hybridized carbons (Fsp3) is 0.444. The molecule has 2 aromatic carbocycles. The highest BCUT2D eigenvalue weighted by Crippen LogP contribution is 2.28. The van der Waals surface area contributed by atoms with Crippen LogP contribution in [0.3, 0.4) is 0 Å². The first-order valence-corrected chi connectivity index (χ1v) is 12.1. The molecular formula is C27H34N4O4. The van der Waals surface area contributed by atoms with Gasteiger partial charge in [-0.3, -0.25) is 14.5 Å². The summed E-state index contributed by atoms with van der Waals surface area (Å²) >= 11 is 0. The highest BCUT2D eigenvalue weighted by molar-refractivity contribution is 6.06. The molecule has 8 nitrogen and oxygen atoms in total. The van der Waals surface area contributed by atoms with E-state index in [1.54, 1.807) is 4.90 Å². The third-order valence-corrected chi connectivity index (χ3v) is 6.94. The van der Waals surface area contributed by atoms with Gasteiger partial charge in [0, 0.05) is 44.7 Å². The number of aliphatic hydroxyl groups excluding tert-OH is 1. The van der Waals surface area contributed by atoms with Crippen molar-refractivity contribution in [2.45, 2.75) is 26.3 Å². The van der Waals surface area contributed by atoms with Crippen LogP contribution in [0.4, 0.5) is 0 Å². The molecule has 2 amide bonds. The van der Waals surface area contributed by atoms with Crippen LogP contribution in [-0.4, -0.2) is 96.4 Å². The maximum Gasteiger partial charge on any atom is 0.255 e. The Bertz CT molecular complexity index is 1110. The molecule has 186 valence electrons. The van der Waals surface area contributed by atoms with E-state index in [1.807, 2.05) is 42.2 Å². The molecule has 2 aliphatic heterocycles. The number of piperazine rings is 1. The van der Waals surface area contributed by atoms with Gasteiger partial charge in [0.15, 0.2) is 0 Å². The number of nitrogens with zero attached hydrogens (tertiary/aromatic N) is 4. The van der Waals surface area contributed by atoms with E-state index in [-0.39, 0.29) is 25.0 Å². The molecule has 0 radical (unpaired) electrons. The number of aryl methyl sites for hydroxylation is 2. The summed E-state index contributed by atoms with van der Waals surface area (Å²) in [6.07, 6.45) is 0.371. The fourth-order valence-electron chi connectivity index (χ4n) is 5.00. The normalized spacial score (nSPS) is 19.9. The van der Waals surface area contributed by atoms with Crippen LogP contribution in [0.5, 0.6) is 0 Å². The topological polar surface area (TPSA) is 85.7 Å². The number of hydrogen-bond acceptors (Lipinski definition) is 6. The summed E-state index contributed by atoms with van der Waals surface area (Å²) < 4.78 is 0. The quantitative estimate of drug-likeness (QED) is 0.644. The predicted octanol–water partition coefficient (Wildman–Crippen LogP) is 2.32. The first kappa shape index (κ1) is 24.9. The predicted molar refractivity (Wildman–Crippen MR) is 135 cm³/mol. The van der Waals surface area contributed by atoms with Crippen LogP contribution in [0.1, 0.15) is 27.9 Å². The molecule has 2 fully saturated rings. The lowest BCUT2D eigenvalue weighted by molar-refractivity contribution is -0.137. The van der Waals surface area contributed by atoms with Crippen molar-refractivity contribution in [3.63, 3.8) is 0 Å². The van der Waals surface area contributed by atoms with Gasteiger partial charge in [-0.15, -0.1) is 0 Å². The van der Waals surface area contributed by atoms with Crippen LogP contribution < -0.4 is 0 Å². The number of aliphatic hydroxyl groups is 1. The number of rotatable bonds is 6. The monoisotopic (exact) mass is 478 g/mol. The van der Waals surface area contributed by atoms with Gasteiger partial charge in [0.25, 0.3) is 5.91 Å². The largest absolute Gasteiger partial charge is 0.399 e. The van der Waals surface area contributed by atoms with Gasteiger partial charge in [0.05, 0.1) is 18.9 Å². The lowest BCUT2D eigenvalue weighted by Gasteiger charge is -2.37. The second kappa shape index (κ2) is 11.0. The van der Waals surface area contributed by atoms with E-state index in [2.05, 4.69) is 29.1 Å². The number of amides is 2. The average Bonchev–Trinajstić information content (AvgIpc) is 3.28. The van der Waals surface area contributed by atoms with Gasteiger partial charge in [0.2, 0.25) is 5.91 Å². The molecule has 0 aromatic heterocycles. The molecule has 2 aromatic rings. The third kappa shape index (κ3) is 5.39. The number of carbonyl (C=O) groups is 2. The Morgan fingerprint density at radius 1 is 1.06 bits per heavy atom. The van der Waals surface area contributed by atoms with E-state index in [4.69, 9.17) is 4.84 Å². The van der Waals surface area contributed by atoms with Crippen molar-refractivity contribution in [2.75, 3.05) is 53.0 Å². The highest BCUT2D eigenvalue weighted by Gasteiger charge is 2.41. The molecule has 2 heterocycles. The van der Waals surface area contributed by atoms with Crippen LogP contribution >= 0.6 is 0 Å². The molecule has 8 heteroatoms. The average molecular weight is 479 g/mol. The number of benzene rings is 2. The molecule has 35 heavy (non-hydrogen) atoms. The zero-order valence-corrected chi connectivity index (χ0v) is 20.7. The van der Waals surface area contributed by atoms with Crippen LogP contribution in [-0.2, 0) is 9.63 Å². The first-order chi connectivity index (χ1) is 16.9. The van der Waals surface area contributed by atoms with Gasteiger partial charge in [-0.25, -0.2) is 0 Å². The Morgan fingerprint density at radius 2 is 1.80 bits per heavy atom. The summed E-state index contributed by atoms with van der Waals surface area (Å²) in [6.45, 7) is 7.59. The summed E-state index contributed by atoms with van der Waals surface area (Å²) in [7, 11) is 1.48. The number of hydrogen-bond donors (Lipinski definition) is 1. The van der Waals surface area contributed by atoms with Crippen LogP contribution in [0.2, 0.25) is 0 Å². The summed E-state index contributed by atoms with van der Waals surface area (Å²) in [6, 6.07) is 13.4. The van der Waals surface area contributed by atoms with Crippen molar-refractivity contribution in [2.24, 2.45) is 5.16 Å². The molecule has 2 aliphatic rings. The summed E-state index contributed by atoms with van der Waals surface area (Å²) in [5.74, 6) is -0.227. The van der Waals surface area contributed by atoms with E-state index < -0.39 is 6.04 Å². The van der Waals surface area contributed by atoms with Crippen molar-refractivity contribution in [1.29, 1.82) is 0 Å². The van der Waals surface area contributed by atoms with E-state index in [1.165, 1.54) is 12.7 Å². The standard InChI is InChI=1S/C27H34N4O4/c1-19-6-4-5-7-23(19)21-8-9-24(20(2)16-21)26(33)31-18-22(28-35-3)17-25(31)27(34)30-12-10-29(11-13-30)14-15-32/h4-9,16,25,32H,10-15,17-18H2,1-3H3. The zero-order chi connectivity index (χ0) is 24.9. The lowest BCUT2D eigenvalue weighted by Crippen LogP contribution is -2.54. The van der Waals surface area contributed by atoms with Gasteiger partial charge in [-0.05, 0) is 42.2 Å². The van der Waals surface area contributed by atoms with Gasteiger partial charge in [-0.1, -0.05) is 41.6 Å². The summed E-state index contributed by atoms with van der Waals surface area (Å²) in [4.78, 5) is 37.7. The van der Waals surface area contributed by atoms with Crippen molar-refractivity contribution >= 4 is 17.5 Å². The Morgan fingerprint density at radius 3 is 2.46 bits per heavy atom. The number of oxime groups is 1. The molecule has 0 bridgehead atoms. The van der Waals surface area contributed by atoms with Gasteiger partial charge in [0.1, 0.15) is 13.2 Å². The van der Waals surface area contributed by atoms with Crippen molar-refractivity contribution in [3.05, 3.63) is 59.2 Å². The van der Waals surface area contributed by atoms with E-state index in [0.717, 1.165) is 16.7 Å². The van der Waals surface area contributed by atoms with Gasteiger partial charge < -0.3 is 19.7 Å². The molecule has 1 N–H and O–H groups in total. The molecule has 0 aliphatic carbocycles. The minimum absolute atomic E-state index is 0.0579. The molecule has 1 atom stereocenters. The number of β-amino-alcohol motifs (C(OH)–C–C–N with tert-alkyl or cyclic N) is 1. The first-order valence-electron chi connectivity index (χ1n) is 12.1. The van der Waals surface area contributed by atoms with Crippen LogP contribution in [0.15, 0.2) is 47.6 Å². The van der Waals surface area contributed by atoms with E-state index >= 15 is 0 Å². The van der Waals surface area contributed by atoms with E-state index in [9.17, 15) is 14.7 Å². The SMILES string of the molecule is CON=C1CC(C(=O)N2CCN(CCO)CC2)N(C(=O)c2ccc(-c3ccccc3C)cc2C)C1. The number of carbonyl (C=O) groups excluding carboxylic acids is 2. The van der Waals surface area contributed by atoms with Gasteiger partial charge in [-0.2, -0.15) is 0 Å². The third-order valence-electron chi connectivity index (χ3n) is 6.94. The van der Waals surface area contributed by atoms with Crippen LogP contribution in [0.25, 0.3) is 11.1 Å². The molecule has 2 saturated heterocycles. The molecule has 4 rings (SSSR count). The zero-order valence-electron chi connectivity index (χ0n) is 20.7. The van der Waals surface area contributed by atoms with Crippen molar-refractivity contribution < 1.29 is 19.5 Å². The lowest BCUT2D eigenvalue weighted by atomic mass is 9.96. The Labute approximate surface area is 206 Å². The molecule has 1 unspecified atom stereocenters. The minimum Gasteiger partial charge on any atom is -0.399 e. The smallest absolute Gasteiger partial charge is 0.255 e. The maximum atomic E-state index is 13.7. The number of likely N-dealkylation sites (tertiary alicyclic amines) is 1. The van der Waals surface area contributed by atoms with Gasteiger partial charge >= 0.3 is 0 Å². The summed E-state index contributed by atoms with van der Waals surface area (Å²) in [5.41, 5.74) is 5.53. The van der Waals surface area contributed by atoms with E-state index in [0.29, 0.717) is 50.4 Å². The second-order valence-corrected chi connectivity index (χ2v) is 9.23.